The number of alkyl halides is 3. The summed E-state index contributed by atoms with van der Waals surface area (Å²) in [5, 5.41) is -1.66. The number of halogens is 3. The zero-order valence-corrected chi connectivity index (χ0v) is 9.05. The lowest BCUT2D eigenvalue weighted by molar-refractivity contribution is 0.337. The van der Waals surface area contributed by atoms with Crippen molar-refractivity contribution in [3.8, 4) is 0 Å². The molecule has 7 heteroatoms. The molecule has 11 heavy (non-hydrogen) atoms. The fourth-order valence-electron chi connectivity index (χ4n) is 0.165. The average molecular weight is 241 g/mol. The molecule has 0 aromatic rings. The van der Waals surface area contributed by atoms with E-state index in [4.69, 9.17) is 44.6 Å². The van der Waals surface area contributed by atoms with Crippen molar-refractivity contribution in [2.24, 2.45) is 0 Å². The molecule has 0 heterocycles. The minimum atomic E-state index is -4.39. The molecule has 0 aliphatic rings. The Morgan fingerprint density at radius 1 is 1.18 bits per heavy atom. The molecule has 0 atom stereocenters. The van der Waals surface area contributed by atoms with E-state index in [2.05, 4.69) is 0 Å². The highest BCUT2D eigenvalue weighted by atomic mass is 35.6. The van der Waals surface area contributed by atoms with Crippen molar-refractivity contribution in [1.29, 1.82) is 0 Å². The third-order valence-electron chi connectivity index (χ3n) is 1.42. The molecule has 0 bridgehead atoms. The minimum Gasteiger partial charge on any atom is -0.324 e. The van der Waals surface area contributed by atoms with Crippen LogP contribution in [0.3, 0.4) is 0 Å². The molecule has 0 aliphatic heterocycles. The van der Waals surface area contributed by atoms with E-state index in [-0.39, 0.29) is 0 Å². The van der Waals surface area contributed by atoms with Gasteiger partial charge >= 0.3 is 7.60 Å². The van der Waals surface area contributed by atoms with Gasteiger partial charge in [-0.15, -0.1) is 0 Å². The highest BCUT2D eigenvalue weighted by molar-refractivity contribution is 7.54. The van der Waals surface area contributed by atoms with Gasteiger partial charge in [-0.1, -0.05) is 34.8 Å². The number of rotatable bonds is 1. The molecule has 0 unspecified atom stereocenters. The van der Waals surface area contributed by atoms with Crippen LogP contribution >= 0.6 is 42.4 Å². The Balaban J connectivity index is 4.91. The first-order valence-electron chi connectivity index (χ1n) is 2.62. The summed E-state index contributed by atoms with van der Waals surface area (Å²) in [7, 11) is -4.39. The second-order valence-corrected chi connectivity index (χ2v) is 7.09. The molecule has 0 saturated carbocycles. The lowest BCUT2D eigenvalue weighted by atomic mass is 10.2. The van der Waals surface area contributed by atoms with E-state index in [1.165, 1.54) is 13.8 Å². The lowest BCUT2D eigenvalue weighted by Crippen LogP contribution is -2.35. The van der Waals surface area contributed by atoms with Gasteiger partial charge in [0.15, 0.2) is 0 Å². The second-order valence-electron chi connectivity index (χ2n) is 2.60. The van der Waals surface area contributed by atoms with Gasteiger partial charge < -0.3 is 9.79 Å². The summed E-state index contributed by atoms with van der Waals surface area (Å²) in [5.74, 6) is 0. The third kappa shape index (κ3) is 2.48. The predicted molar refractivity (Wildman–Crippen MR) is 46.4 cm³/mol. The smallest absolute Gasteiger partial charge is 0.324 e. The van der Waals surface area contributed by atoms with Gasteiger partial charge in [-0.25, -0.2) is 0 Å². The van der Waals surface area contributed by atoms with Crippen LogP contribution in [0, 0.1) is 0 Å². The predicted octanol–water partition coefficient (Wildman–Crippen LogP) is 2.31. The molecular formula is C4H8Cl3O3P. The molecule has 0 fully saturated rings. The molecule has 0 rings (SSSR count). The third-order valence-corrected chi connectivity index (χ3v) is 5.03. The van der Waals surface area contributed by atoms with E-state index in [0.717, 1.165) is 0 Å². The van der Waals surface area contributed by atoms with Gasteiger partial charge in [0.1, 0.15) is 5.16 Å². The first-order chi connectivity index (χ1) is 4.50. The Labute approximate surface area is 79.8 Å². The standard InChI is InChI=1S/C4H8Cl3O3P/c1-3(2,4(5,6)7)11(8,9)10/h1-2H3,(H2,8,9,10). The van der Waals surface area contributed by atoms with Crippen LogP contribution in [-0.2, 0) is 4.57 Å². The zero-order chi connectivity index (χ0) is 9.50. The Bertz CT molecular complexity index is 191. The van der Waals surface area contributed by atoms with Gasteiger partial charge in [0, 0.05) is 0 Å². The fraction of sp³-hybridized carbons (Fsp3) is 1.00. The first-order valence-corrected chi connectivity index (χ1v) is 5.37. The second kappa shape index (κ2) is 3.06. The average Bonchev–Trinajstić information content (AvgIpc) is 1.58. The molecule has 0 saturated heterocycles. The summed E-state index contributed by atoms with van der Waals surface area (Å²) in [4.78, 5) is 17.5. The van der Waals surface area contributed by atoms with Gasteiger partial charge in [-0.3, -0.25) is 4.57 Å². The van der Waals surface area contributed by atoms with Gasteiger partial charge in [0.05, 0.1) is 0 Å². The van der Waals surface area contributed by atoms with Crippen LogP contribution in [0.5, 0.6) is 0 Å². The Hall–Kier alpha value is 1.02. The Morgan fingerprint density at radius 3 is 1.45 bits per heavy atom. The van der Waals surface area contributed by atoms with Gasteiger partial charge in [0.25, 0.3) is 0 Å². The van der Waals surface area contributed by atoms with E-state index >= 15 is 0 Å². The normalized spacial score (nSPS) is 15.2. The quantitative estimate of drug-likeness (QED) is 0.547. The van der Waals surface area contributed by atoms with Gasteiger partial charge in [-0.2, -0.15) is 0 Å². The van der Waals surface area contributed by atoms with E-state index in [1.807, 2.05) is 0 Å². The van der Waals surface area contributed by atoms with E-state index < -0.39 is 16.5 Å². The summed E-state index contributed by atoms with van der Waals surface area (Å²) in [6.45, 7) is 2.39. The highest BCUT2D eigenvalue weighted by Crippen LogP contribution is 2.60. The topological polar surface area (TPSA) is 57.5 Å². The SMILES string of the molecule is CC(C)(C(Cl)(Cl)Cl)P(=O)(O)O. The molecular weight excluding hydrogens is 233 g/mol. The molecule has 0 aromatic heterocycles. The summed E-state index contributed by atoms with van der Waals surface area (Å²) in [5.41, 5.74) is 0. The van der Waals surface area contributed by atoms with Crippen molar-refractivity contribution >= 4 is 42.4 Å². The van der Waals surface area contributed by atoms with Crippen LogP contribution < -0.4 is 0 Å². The minimum absolute atomic E-state index is 1.20. The van der Waals surface area contributed by atoms with E-state index in [1.54, 1.807) is 0 Å². The number of hydrogen-bond acceptors (Lipinski definition) is 1. The Kier molecular flexibility index (Phi) is 3.34. The van der Waals surface area contributed by atoms with Crippen LogP contribution in [0.2, 0.25) is 0 Å². The molecule has 3 nitrogen and oxygen atoms in total. The molecule has 0 amide bonds. The van der Waals surface area contributed by atoms with Crippen molar-refractivity contribution < 1.29 is 14.4 Å². The van der Waals surface area contributed by atoms with Crippen molar-refractivity contribution in [3.05, 3.63) is 0 Å². The van der Waals surface area contributed by atoms with Crippen molar-refractivity contribution in [2.75, 3.05) is 0 Å². The maximum absolute atomic E-state index is 10.7. The molecule has 68 valence electrons. The fourth-order valence-corrected chi connectivity index (χ4v) is 1.49. The largest absolute Gasteiger partial charge is 0.335 e. The molecule has 0 radical (unpaired) electrons. The van der Waals surface area contributed by atoms with Crippen LogP contribution in [0.4, 0.5) is 0 Å². The summed E-state index contributed by atoms with van der Waals surface area (Å²) in [6, 6.07) is 0. The zero-order valence-electron chi connectivity index (χ0n) is 5.88. The van der Waals surface area contributed by atoms with Gasteiger partial charge in [-0.05, 0) is 13.8 Å². The van der Waals surface area contributed by atoms with Crippen LogP contribution in [-0.4, -0.2) is 18.7 Å². The summed E-state index contributed by atoms with van der Waals surface area (Å²) < 4.78 is 8.77. The van der Waals surface area contributed by atoms with Crippen molar-refractivity contribution in [2.45, 2.75) is 22.8 Å². The lowest BCUT2D eigenvalue weighted by Gasteiger charge is -2.32. The summed E-state index contributed by atoms with van der Waals surface area (Å²) >= 11 is 16.0. The van der Waals surface area contributed by atoms with Crippen LogP contribution in [0.1, 0.15) is 13.8 Å². The van der Waals surface area contributed by atoms with Crippen LogP contribution in [0.25, 0.3) is 0 Å². The van der Waals surface area contributed by atoms with Gasteiger partial charge in [0.2, 0.25) is 3.79 Å². The number of hydrogen-bond donors (Lipinski definition) is 2. The van der Waals surface area contributed by atoms with Crippen LogP contribution in [0.15, 0.2) is 0 Å². The Morgan fingerprint density at radius 2 is 1.45 bits per heavy atom. The maximum atomic E-state index is 10.7. The van der Waals surface area contributed by atoms with E-state index in [0.29, 0.717) is 0 Å². The maximum Gasteiger partial charge on any atom is 0.335 e. The molecule has 0 spiro atoms. The van der Waals surface area contributed by atoms with E-state index in [9.17, 15) is 4.57 Å². The first kappa shape index (κ1) is 12.0. The van der Waals surface area contributed by atoms with Crippen molar-refractivity contribution in [1.82, 2.24) is 0 Å². The van der Waals surface area contributed by atoms with Crippen molar-refractivity contribution in [3.63, 3.8) is 0 Å². The molecule has 2 N–H and O–H groups in total. The summed E-state index contributed by atoms with van der Waals surface area (Å²) in [6.07, 6.45) is 0. The molecule has 0 aliphatic carbocycles. The monoisotopic (exact) mass is 240 g/mol. The highest BCUT2D eigenvalue weighted by Gasteiger charge is 2.53. The molecule has 0 aromatic carbocycles.